The second kappa shape index (κ2) is 15.9. The summed E-state index contributed by atoms with van der Waals surface area (Å²) in [6, 6.07) is 10.2. The Balaban J connectivity index is 2.11. The molecule has 0 fully saturated rings. The number of aliphatic carboxylic acids is 1. The highest BCUT2D eigenvalue weighted by molar-refractivity contribution is 5.71. The monoisotopic (exact) mass is 469 g/mol. The zero-order valence-electron chi connectivity index (χ0n) is 21.3. The third-order valence-electron chi connectivity index (χ3n) is 7.48. The number of carboxylic acid groups (broad SMARTS) is 1. The van der Waals surface area contributed by atoms with Crippen molar-refractivity contribution in [2.75, 3.05) is 6.54 Å². The highest BCUT2D eigenvalue weighted by Crippen LogP contribution is 2.45. The Morgan fingerprint density at radius 1 is 1.00 bits per heavy atom. The Labute approximate surface area is 207 Å². The van der Waals surface area contributed by atoms with Gasteiger partial charge in [0, 0.05) is 0 Å². The highest BCUT2D eigenvalue weighted by atomic mass is 16.4. The standard InChI is InChI=1S/C30H47NO3/c1-3-4-5-6-7-8-9-10-14-17-25-18-19-26(22-24-15-12-11-13-16-24)29(27(25)20-21-31)28(23(2)32)30(33)34/h8-9,11-13,15-16,18-19,23,25-29,32H,3-7,10,14,17,20-22,31H2,1-2H3,(H,33,34). The van der Waals surface area contributed by atoms with Crippen molar-refractivity contribution < 1.29 is 15.0 Å². The van der Waals surface area contributed by atoms with Gasteiger partial charge in [-0.1, -0.05) is 80.8 Å². The van der Waals surface area contributed by atoms with Crippen molar-refractivity contribution in [1.82, 2.24) is 0 Å². The maximum absolute atomic E-state index is 12.3. The van der Waals surface area contributed by atoms with Crippen LogP contribution in [0.15, 0.2) is 54.6 Å². The third-order valence-corrected chi connectivity index (χ3v) is 7.48. The summed E-state index contributed by atoms with van der Waals surface area (Å²) >= 11 is 0. The number of hydrogen-bond donors (Lipinski definition) is 3. The molecule has 0 amide bonds. The Morgan fingerprint density at radius 3 is 2.29 bits per heavy atom. The lowest BCUT2D eigenvalue weighted by Crippen LogP contribution is -2.45. The number of allylic oxidation sites excluding steroid dienone is 4. The number of carbonyl (C=O) groups is 1. The van der Waals surface area contributed by atoms with Gasteiger partial charge in [0.25, 0.3) is 0 Å². The lowest BCUT2D eigenvalue weighted by Gasteiger charge is -2.44. The third kappa shape index (κ3) is 9.03. The summed E-state index contributed by atoms with van der Waals surface area (Å²) in [5.74, 6) is -1.28. The van der Waals surface area contributed by atoms with Gasteiger partial charge in [-0.25, -0.2) is 0 Å². The molecule has 0 bridgehead atoms. The van der Waals surface area contributed by atoms with Crippen molar-refractivity contribution in [2.24, 2.45) is 35.3 Å². The molecule has 4 N–H and O–H groups in total. The summed E-state index contributed by atoms with van der Waals surface area (Å²) < 4.78 is 0. The molecular weight excluding hydrogens is 422 g/mol. The maximum atomic E-state index is 12.3. The first-order valence-corrected chi connectivity index (χ1v) is 13.5. The van der Waals surface area contributed by atoms with Crippen molar-refractivity contribution in [3.8, 4) is 0 Å². The summed E-state index contributed by atoms with van der Waals surface area (Å²) in [7, 11) is 0. The first kappa shape index (κ1) is 28.3. The Hall–Kier alpha value is -1.91. The normalized spacial score (nSPS) is 24.4. The molecular formula is C30H47NO3. The second-order valence-corrected chi connectivity index (χ2v) is 10.1. The summed E-state index contributed by atoms with van der Waals surface area (Å²) in [4.78, 5) is 12.3. The van der Waals surface area contributed by atoms with E-state index >= 15 is 0 Å². The number of nitrogens with two attached hydrogens (primary N) is 1. The number of hydrogen-bond acceptors (Lipinski definition) is 3. The molecule has 1 aliphatic rings. The van der Waals surface area contributed by atoms with Crippen molar-refractivity contribution >= 4 is 5.97 Å². The molecule has 6 atom stereocenters. The SMILES string of the molecule is CCCCCCC=CCCCC1C=CC(Cc2ccccc2)C(C(C(=O)O)C(C)O)C1CCN. The van der Waals surface area contributed by atoms with Crippen LogP contribution in [0.5, 0.6) is 0 Å². The van der Waals surface area contributed by atoms with Crippen LogP contribution < -0.4 is 5.73 Å². The number of carboxylic acids is 1. The number of aliphatic hydroxyl groups excluding tert-OH is 1. The van der Waals surface area contributed by atoms with E-state index in [4.69, 9.17) is 5.73 Å². The summed E-state index contributed by atoms with van der Waals surface area (Å²) in [5.41, 5.74) is 7.23. The van der Waals surface area contributed by atoms with Gasteiger partial charge in [0.05, 0.1) is 12.0 Å². The Bertz CT molecular complexity index is 743. The molecule has 1 aliphatic carbocycles. The van der Waals surface area contributed by atoms with Crippen LogP contribution in [0.4, 0.5) is 0 Å². The van der Waals surface area contributed by atoms with Gasteiger partial charge < -0.3 is 15.9 Å². The molecule has 2 rings (SSSR count). The predicted molar refractivity (Wildman–Crippen MR) is 141 cm³/mol. The first-order valence-electron chi connectivity index (χ1n) is 13.5. The van der Waals surface area contributed by atoms with Crippen LogP contribution in [-0.2, 0) is 11.2 Å². The lowest BCUT2D eigenvalue weighted by molar-refractivity contribution is -0.151. The fraction of sp³-hybridized carbons (Fsp3) is 0.633. The van der Waals surface area contributed by atoms with Gasteiger partial charge in [0.15, 0.2) is 0 Å². The van der Waals surface area contributed by atoms with Gasteiger partial charge >= 0.3 is 5.97 Å². The first-order chi connectivity index (χ1) is 16.5. The van der Waals surface area contributed by atoms with Crippen LogP contribution in [0.1, 0.15) is 77.2 Å². The fourth-order valence-electron chi connectivity index (χ4n) is 5.78. The van der Waals surface area contributed by atoms with Crippen LogP contribution in [-0.4, -0.2) is 28.8 Å². The van der Waals surface area contributed by atoms with Crippen molar-refractivity contribution in [3.05, 3.63) is 60.2 Å². The molecule has 0 radical (unpaired) electrons. The van der Waals surface area contributed by atoms with E-state index in [2.05, 4.69) is 43.4 Å². The second-order valence-electron chi connectivity index (χ2n) is 10.1. The molecule has 4 heteroatoms. The molecule has 190 valence electrons. The molecule has 0 saturated heterocycles. The summed E-state index contributed by atoms with van der Waals surface area (Å²) in [6.45, 7) is 4.39. The van der Waals surface area contributed by atoms with E-state index < -0.39 is 18.0 Å². The number of rotatable bonds is 16. The van der Waals surface area contributed by atoms with Gasteiger partial charge in [0.1, 0.15) is 0 Å². The quantitative estimate of drug-likeness (QED) is 0.193. The van der Waals surface area contributed by atoms with Gasteiger partial charge in [-0.3, -0.25) is 4.79 Å². The van der Waals surface area contributed by atoms with Crippen molar-refractivity contribution in [3.63, 3.8) is 0 Å². The van der Waals surface area contributed by atoms with E-state index in [-0.39, 0.29) is 17.8 Å². The van der Waals surface area contributed by atoms with E-state index in [0.717, 1.165) is 38.5 Å². The molecule has 0 heterocycles. The smallest absolute Gasteiger partial charge is 0.309 e. The average molecular weight is 470 g/mol. The summed E-state index contributed by atoms with van der Waals surface area (Å²) in [6.07, 6.45) is 19.4. The Morgan fingerprint density at radius 2 is 1.68 bits per heavy atom. The largest absolute Gasteiger partial charge is 0.481 e. The zero-order chi connectivity index (χ0) is 24.8. The predicted octanol–water partition coefficient (Wildman–Crippen LogP) is 6.39. The van der Waals surface area contributed by atoms with E-state index in [1.807, 2.05) is 18.2 Å². The number of unbranched alkanes of at least 4 members (excludes halogenated alkanes) is 5. The van der Waals surface area contributed by atoms with Gasteiger partial charge in [-0.2, -0.15) is 0 Å². The Kier molecular flexibility index (Phi) is 13.2. The molecule has 1 aromatic carbocycles. The number of aliphatic hydroxyl groups is 1. The average Bonchev–Trinajstić information content (AvgIpc) is 2.81. The molecule has 1 aromatic rings. The fourth-order valence-corrected chi connectivity index (χ4v) is 5.78. The van der Waals surface area contributed by atoms with Crippen LogP contribution in [0.2, 0.25) is 0 Å². The van der Waals surface area contributed by atoms with Gasteiger partial charge in [-0.15, -0.1) is 0 Å². The van der Waals surface area contributed by atoms with Crippen molar-refractivity contribution in [1.29, 1.82) is 0 Å². The van der Waals surface area contributed by atoms with Crippen LogP contribution in [0.25, 0.3) is 0 Å². The van der Waals surface area contributed by atoms with Gasteiger partial charge in [0.2, 0.25) is 0 Å². The molecule has 4 nitrogen and oxygen atoms in total. The van der Waals surface area contributed by atoms with Crippen LogP contribution in [0, 0.1) is 29.6 Å². The molecule has 0 saturated carbocycles. The molecule has 0 spiro atoms. The molecule has 0 aliphatic heterocycles. The minimum atomic E-state index is -0.903. The summed E-state index contributed by atoms with van der Waals surface area (Å²) in [5, 5.41) is 20.6. The van der Waals surface area contributed by atoms with E-state index in [1.54, 1.807) is 6.92 Å². The van der Waals surface area contributed by atoms with Crippen molar-refractivity contribution in [2.45, 2.75) is 84.2 Å². The maximum Gasteiger partial charge on any atom is 0.309 e. The van der Waals surface area contributed by atoms with E-state index in [9.17, 15) is 15.0 Å². The lowest BCUT2D eigenvalue weighted by atomic mass is 9.61. The van der Waals surface area contributed by atoms with E-state index in [1.165, 1.54) is 31.2 Å². The van der Waals surface area contributed by atoms with Gasteiger partial charge in [-0.05, 0) is 87.6 Å². The van der Waals surface area contributed by atoms with Crippen LogP contribution in [0.3, 0.4) is 0 Å². The zero-order valence-corrected chi connectivity index (χ0v) is 21.3. The minimum absolute atomic E-state index is 0.0777. The highest BCUT2D eigenvalue weighted by Gasteiger charge is 2.44. The molecule has 6 unspecified atom stereocenters. The molecule has 0 aromatic heterocycles. The van der Waals surface area contributed by atoms with Crippen LogP contribution >= 0.6 is 0 Å². The minimum Gasteiger partial charge on any atom is -0.481 e. The van der Waals surface area contributed by atoms with E-state index in [0.29, 0.717) is 12.5 Å². The number of benzene rings is 1. The molecule has 34 heavy (non-hydrogen) atoms. The topological polar surface area (TPSA) is 83.5 Å².